The Kier molecular flexibility index (Phi) is 3.26. The maximum Gasteiger partial charge on any atom is 0.0642 e. The van der Waals surface area contributed by atoms with Crippen LogP contribution in [0.1, 0.15) is 32.3 Å². The van der Waals surface area contributed by atoms with Gasteiger partial charge in [-0.15, -0.1) is 0 Å². The van der Waals surface area contributed by atoms with Gasteiger partial charge in [-0.2, -0.15) is 0 Å². The van der Waals surface area contributed by atoms with Crippen molar-refractivity contribution in [3.8, 4) is 0 Å². The van der Waals surface area contributed by atoms with Crippen molar-refractivity contribution in [2.45, 2.75) is 45.2 Å². The number of aryl methyl sites for hydroxylation is 1. The van der Waals surface area contributed by atoms with E-state index in [-0.39, 0.29) is 5.54 Å². The van der Waals surface area contributed by atoms with E-state index >= 15 is 0 Å². The largest absolute Gasteiger partial charge is 0.364 e. The first kappa shape index (κ1) is 13.3. The van der Waals surface area contributed by atoms with Gasteiger partial charge in [0.05, 0.1) is 10.7 Å². The van der Waals surface area contributed by atoms with Gasteiger partial charge >= 0.3 is 0 Å². The number of hydrogen-bond donors (Lipinski definition) is 1. The Morgan fingerprint density at radius 3 is 2.74 bits per heavy atom. The fraction of sp³-hybridized carbons (Fsp3) is 0.625. The summed E-state index contributed by atoms with van der Waals surface area (Å²) in [7, 11) is 0. The molecule has 1 aliphatic heterocycles. The van der Waals surface area contributed by atoms with E-state index in [0.717, 1.165) is 24.0 Å². The van der Waals surface area contributed by atoms with Crippen LogP contribution in [0.25, 0.3) is 0 Å². The van der Waals surface area contributed by atoms with E-state index in [9.17, 15) is 0 Å². The van der Waals surface area contributed by atoms with Gasteiger partial charge in [-0.1, -0.05) is 17.7 Å². The molecule has 3 heteroatoms. The van der Waals surface area contributed by atoms with Crippen molar-refractivity contribution in [3.05, 3.63) is 28.8 Å². The molecule has 1 aromatic carbocycles. The van der Waals surface area contributed by atoms with Crippen LogP contribution >= 0.6 is 11.6 Å². The molecule has 0 amide bonds. The highest BCUT2D eigenvalue weighted by atomic mass is 35.5. The number of nitrogens with zero attached hydrogens (tertiary/aromatic N) is 1. The number of anilines is 1. The summed E-state index contributed by atoms with van der Waals surface area (Å²) in [4.78, 5) is 2.48. The smallest absolute Gasteiger partial charge is 0.0642 e. The summed E-state index contributed by atoms with van der Waals surface area (Å²) in [5.41, 5.74) is 2.66. The van der Waals surface area contributed by atoms with Gasteiger partial charge in [0.25, 0.3) is 0 Å². The first-order valence-corrected chi connectivity index (χ1v) is 7.65. The molecule has 0 spiro atoms. The van der Waals surface area contributed by atoms with Crippen LogP contribution in [0.2, 0.25) is 5.02 Å². The summed E-state index contributed by atoms with van der Waals surface area (Å²) in [6.45, 7) is 8.82. The van der Waals surface area contributed by atoms with Crippen LogP contribution in [-0.4, -0.2) is 24.7 Å². The SMILES string of the molecule is Cc1ccc(N2CC(C)(C3CC3)NCC2C)c(Cl)c1. The normalized spacial score (nSPS) is 31.6. The number of benzene rings is 1. The molecule has 2 nitrogen and oxygen atoms in total. The molecule has 1 N–H and O–H groups in total. The van der Waals surface area contributed by atoms with Gasteiger partial charge in [-0.05, 0) is 57.2 Å². The van der Waals surface area contributed by atoms with Crippen molar-refractivity contribution in [2.24, 2.45) is 5.92 Å². The third-order valence-electron chi connectivity index (χ3n) is 4.72. The predicted molar refractivity (Wildman–Crippen MR) is 82.1 cm³/mol. The minimum atomic E-state index is 0.251. The molecule has 2 unspecified atom stereocenters. The quantitative estimate of drug-likeness (QED) is 0.889. The topological polar surface area (TPSA) is 15.3 Å². The van der Waals surface area contributed by atoms with Gasteiger partial charge in [0.15, 0.2) is 0 Å². The van der Waals surface area contributed by atoms with Crippen LogP contribution in [0.5, 0.6) is 0 Å². The number of hydrogen-bond acceptors (Lipinski definition) is 2. The first-order chi connectivity index (χ1) is 8.99. The minimum Gasteiger partial charge on any atom is -0.364 e. The number of halogens is 1. The molecule has 1 aliphatic carbocycles. The van der Waals surface area contributed by atoms with E-state index in [4.69, 9.17) is 11.6 Å². The van der Waals surface area contributed by atoms with Crippen LogP contribution in [0, 0.1) is 12.8 Å². The van der Waals surface area contributed by atoms with Crippen LogP contribution in [0.3, 0.4) is 0 Å². The zero-order valence-electron chi connectivity index (χ0n) is 12.0. The maximum absolute atomic E-state index is 6.45. The zero-order chi connectivity index (χ0) is 13.6. The average Bonchev–Trinajstić information content (AvgIpc) is 3.17. The Morgan fingerprint density at radius 2 is 2.11 bits per heavy atom. The van der Waals surface area contributed by atoms with Gasteiger partial charge in [-0.3, -0.25) is 0 Å². The lowest BCUT2D eigenvalue weighted by Gasteiger charge is -2.47. The maximum atomic E-state index is 6.45. The lowest BCUT2D eigenvalue weighted by Crippen LogP contribution is -2.63. The molecule has 1 heterocycles. The van der Waals surface area contributed by atoms with Gasteiger partial charge < -0.3 is 10.2 Å². The lowest BCUT2D eigenvalue weighted by atomic mass is 9.91. The van der Waals surface area contributed by atoms with Crippen molar-refractivity contribution in [1.82, 2.24) is 5.32 Å². The van der Waals surface area contributed by atoms with E-state index in [1.54, 1.807) is 0 Å². The van der Waals surface area contributed by atoms with E-state index in [1.807, 2.05) is 0 Å². The van der Waals surface area contributed by atoms with Gasteiger partial charge in [0.2, 0.25) is 0 Å². The van der Waals surface area contributed by atoms with Crippen molar-refractivity contribution >= 4 is 17.3 Å². The van der Waals surface area contributed by atoms with Crippen molar-refractivity contribution in [1.29, 1.82) is 0 Å². The Labute approximate surface area is 121 Å². The Bertz CT molecular complexity index is 484. The second kappa shape index (κ2) is 4.68. The second-order valence-electron chi connectivity index (χ2n) is 6.50. The fourth-order valence-electron chi connectivity index (χ4n) is 3.22. The van der Waals surface area contributed by atoms with Crippen molar-refractivity contribution in [2.75, 3.05) is 18.0 Å². The van der Waals surface area contributed by atoms with Gasteiger partial charge in [0.1, 0.15) is 0 Å². The van der Waals surface area contributed by atoms with E-state index in [2.05, 4.69) is 49.2 Å². The van der Waals surface area contributed by atoms with Crippen LogP contribution in [0.4, 0.5) is 5.69 Å². The zero-order valence-corrected chi connectivity index (χ0v) is 12.8. The summed E-state index contributed by atoms with van der Waals surface area (Å²) in [6, 6.07) is 6.89. The molecular weight excluding hydrogens is 256 g/mol. The van der Waals surface area contributed by atoms with Crippen LogP contribution in [-0.2, 0) is 0 Å². The number of piperazine rings is 1. The molecule has 2 fully saturated rings. The summed E-state index contributed by atoms with van der Waals surface area (Å²) in [5, 5.41) is 4.63. The molecular formula is C16H23ClN2. The highest BCUT2D eigenvalue weighted by molar-refractivity contribution is 6.33. The van der Waals surface area contributed by atoms with E-state index in [1.165, 1.54) is 24.1 Å². The summed E-state index contributed by atoms with van der Waals surface area (Å²) >= 11 is 6.45. The third-order valence-corrected chi connectivity index (χ3v) is 5.03. The molecule has 2 atom stereocenters. The molecule has 1 saturated heterocycles. The van der Waals surface area contributed by atoms with Crippen molar-refractivity contribution < 1.29 is 0 Å². The van der Waals surface area contributed by atoms with E-state index in [0.29, 0.717) is 6.04 Å². The molecule has 0 aromatic heterocycles. The lowest BCUT2D eigenvalue weighted by molar-refractivity contribution is 0.261. The highest BCUT2D eigenvalue weighted by Gasteiger charge is 2.45. The standard InChI is InChI=1S/C16H23ClN2/c1-11-4-7-15(14(17)8-11)19-10-16(3,13-5-6-13)18-9-12(19)2/h4,7-8,12-13,18H,5-6,9-10H2,1-3H3. The summed E-state index contributed by atoms with van der Waals surface area (Å²) < 4.78 is 0. The third kappa shape index (κ3) is 2.48. The average molecular weight is 279 g/mol. The minimum absolute atomic E-state index is 0.251. The van der Waals surface area contributed by atoms with Gasteiger partial charge in [0, 0.05) is 24.7 Å². The molecule has 19 heavy (non-hydrogen) atoms. The van der Waals surface area contributed by atoms with Crippen molar-refractivity contribution in [3.63, 3.8) is 0 Å². The van der Waals surface area contributed by atoms with Crippen LogP contribution in [0.15, 0.2) is 18.2 Å². The fourth-order valence-corrected chi connectivity index (χ4v) is 3.56. The Balaban J connectivity index is 1.88. The predicted octanol–water partition coefficient (Wildman–Crippen LogP) is 3.62. The van der Waals surface area contributed by atoms with Crippen LogP contribution < -0.4 is 10.2 Å². The highest BCUT2D eigenvalue weighted by Crippen LogP contribution is 2.42. The summed E-state index contributed by atoms with van der Waals surface area (Å²) in [6.07, 6.45) is 2.74. The van der Waals surface area contributed by atoms with E-state index < -0.39 is 0 Å². The molecule has 104 valence electrons. The number of nitrogens with one attached hydrogen (secondary N) is 1. The molecule has 3 rings (SSSR count). The Hall–Kier alpha value is -0.730. The second-order valence-corrected chi connectivity index (χ2v) is 6.91. The van der Waals surface area contributed by atoms with Gasteiger partial charge in [-0.25, -0.2) is 0 Å². The molecule has 0 bridgehead atoms. The molecule has 1 aromatic rings. The first-order valence-electron chi connectivity index (χ1n) is 7.27. The Morgan fingerprint density at radius 1 is 1.37 bits per heavy atom. The molecule has 0 radical (unpaired) electrons. The molecule has 1 saturated carbocycles. The monoisotopic (exact) mass is 278 g/mol. The molecule has 2 aliphatic rings. The summed E-state index contributed by atoms with van der Waals surface area (Å²) in [5.74, 6) is 0.840. The number of rotatable bonds is 2.